The highest BCUT2D eigenvalue weighted by atomic mass is 32.2. The Morgan fingerprint density at radius 3 is 2.68 bits per heavy atom. The summed E-state index contributed by atoms with van der Waals surface area (Å²) >= 11 is 2.41. The van der Waals surface area contributed by atoms with Crippen LogP contribution in [0.4, 0.5) is 14.5 Å². The summed E-state index contributed by atoms with van der Waals surface area (Å²) in [6.07, 6.45) is 0. The van der Waals surface area contributed by atoms with Gasteiger partial charge in [-0.15, -0.1) is 0 Å². The van der Waals surface area contributed by atoms with Crippen molar-refractivity contribution in [1.29, 1.82) is 0 Å². The van der Waals surface area contributed by atoms with Gasteiger partial charge < -0.3 is 5.32 Å². The molecule has 0 aliphatic rings. The maximum Gasteiger partial charge on any atom is 0.234 e. The van der Waals surface area contributed by atoms with Crippen molar-refractivity contribution in [2.75, 3.05) is 11.1 Å². The Morgan fingerprint density at radius 2 is 1.96 bits per heavy atom. The van der Waals surface area contributed by atoms with Crippen LogP contribution in [0, 0.1) is 18.6 Å². The third-order valence-corrected chi connectivity index (χ3v) is 5.08. The third-order valence-electron chi connectivity index (χ3n) is 3.25. The number of aromatic nitrogens is 2. The molecule has 2 aromatic carbocycles. The third kappa shape index (κ3) is 4.61. The lowest BCUT2D eigenvalue weighted by molar-refractivity contribution is -0.113. The monoisotopic (exact) mass is 377 g/mol. The number of nitrogens with one attached hydrogen (secondary N) is 1. The largest absolute Gasteiger partial charge is 0.323 e. The molecule has 4 nitrogen and oxygen atoms in total. The summed E-state index contributed by atoms with van der Waals surface area (Å²) in [7, 11) is 0. The molecule has 3 rings (SSSR count). The number of rotatable bonds is 5. The second-order valence-corrected chi connectivity index (χ2v) is 7.19. The molecule has 1 heterocycles. The smallest absolute Gasteiger partial charge is 0.234 e. The zero-order chi connectivity index (χ0) is 17.8. The van der Waals surface area contributed by atoms with Gasteiger partial charge in [-0.2, -0.15) is 4.37 Å². The number of nitrogens with zero attached hydrogens (tertiary/aromatic N) is 2. The standard InChI is InChI=1S/C17H13F2N3OS2/c1-10-2-4-11(5-3-10)16-21-17(25-22-16)24-9-15(23)20-14-7-6-12(18)8-13(14)19/h2-8H,9H2,1H3,(H,20,23). The average molecular weight is 377 g/mol. The van der Waals surface area contributed by atoms with Crippen LogP contribution in [0.3, 0.4) is 0 Å². The van der Waals surface area contributed by atoms with Crippen LogP contribution in [0.15, 0.2) is 46.8 Å². The molecule has 0 saturated carbocycles. The summed E-state index contributed by atoms with van der Waals surface area (Å²) in [5.74, 6) is -1.24. The summed E-state index contributed by atoms with van der Waals surface area (Å²) in [5, 5.41) is 2.41. The molecule has 0 atom stereocenters. The number of anilines is 1. The van der Waals surface area contributed by atoms with Crippen molar-refractivity contribution in [3.63, 3.8) is 0 Å². The molecule has 3 aromatic rings. The molecular weight excluding hydrogens is 364 g/mol. The highest BCUT2D eigenvalue weighted by Gasteiger charge is 2.11. The zero-order valence-corrected chi connectivity index (χ0v) is 14.8. The Bertz CT molecular complexity index is 897. The maximum atomic E-state index is 13.5. The van der Waals surface area contributed by atoms with Crippen molar-refractivity contribution in [1.82, 2.24) is 9.36 Å². The quantitative estimate of drug-likeness (QED) is 0.664. The molecule has 0 unspecified atom stereocenters. The van der Waals surface area contributed by atoms with Crippen molar-refractivity contribution in [3.8, 4) is 11.4 Å². The first-order valence-corrected chi connectivity index (χ1v) is 9.05. The first-order chi connectivity index (χ1) is 12.0. The van der Waals surface area contributed by atoms with Crippen LogP contribution >= 0.6 is 23.3 Å². The van der Waals surface area contributed by atoms with E-state index in [1.807, 2.05) is 31.2 Å². The predicted molar refractivity (Wildman–Crippen MR) is 95.8 cm³/mol. The molecule has 0 aliphatic heterocycles. The number of aryl methyl sites for hydroxylation is 1. The number of thioether (sulfide) groups is 1. The normalized spacial score (nSPS) is 10.7. The predicted octanol–water partition coefficient (Wildman–Crippen LogP) is 4.52. The van der Waals surface area contributed by atoms with Gasteiger partial charge in [0.05, 0.1) is 11.4 Å². The Kier molecular flexibility index (Phi) is 5.40. The fourth-order valence-corrected chi connectivity index (χ4v) is 3.41. The molecule has 1 N–H and O–H groups in total. The summed E-state index contributed by atoms with van der Waals surface area (Å²) in [6, 6.07) is 10.8. The van der Waals surface area contributed by atoms with Gasteiger partial charge in [0.25, 0.3) is 0 Å². The van der Waals surface area contributed by atoms with E-state index >= 15 is 0 Å². The minimum atomic E-state index is -0.809. The Hall–Kier alpha value is -2.32. The van der Waals surface area contributed by atoms with E-state index in [9.17, 15) is 13.6 Å². The maximum absolute atomic E-state index is 13.5. The van der Waals surface area contributed by atoms with Crippen LogP contribution < -0.4 is 5.32 Å². The van der Waals surface area contributed by atoms with E-state index in [1.165, 1.54) is 29.4 Å². The molecule has 0 spiro atoms. The molecule has 25 heavy (non-hydrogen) atoms. The van der Waals surface area contributed by atoms with Crippen molar-refractivity contribution in [2.45, 2.75) is 11.3 Å². The van der Waals surface area contributed by atoms with Crippen molar-refractivity contribution in [2.24, 2.45) is 0 Å². The van der Waals surface area contributed by atoms with E-state index in [0.29, 0.717) is 10.2 Å². The van der Waals surface area contributed by atoms with Crippen molar-refractivity contribution in [3.05, 3.63) is 59.7 Å². The molecule has 0 fully saturated rings. The van der Waals surface area contributed by atoms with Crippen molar-refractivity contribution >= 4 is 34.9 Å². The first kappa shape index (κ1) is 17.5. The molecule has 1 amide bonds. The molecule has 0 radical (unpaired) electrons. The van der Waals surface area contributed by atoms with Crippen molar-refractivity contribution < 1.29 is 13.6 Å². The number of carbonyl (C=O) groups excluding carboxylic acids is 1. The average Bonchev–Trinajstić information content (AvgIpc) is 3.05. The lowest BCUT2D eigenvalue weighted by atomic mass is 10.1. The lowest BCUT2D eigenvalue weighted by Gasteiger charge is -2.05. The van der Waals surface area contributed by atoms with Crippen LogP contribution in [0.1, 0.15) is 5.56 Å². The molecule has 0 aliphatic carbocycles. The Balaban J connectivity index is 1.58. The summed E-state index contributed by atoms with van der Waals surface area (Å²) in [6.45, 7) is 2.00. The number of hydrogen-bond donors (Lipinski definition) is 1. The zero-order valence-electron chi connectivity index (χ0n) is 13.1. The minimum absolute atomic E-state index is 0.0513. The number of halogens is 2. The number of benzene rings is 2. The molecule has 1 aromatic heterocycles. The Morgan fingerprint density at radius 1 is 1.20 bits per heavy atom. The topological polar surface area (TPSA) is 54.9 Å². The van der Waals surface area contributed by atoms with Crippen LogP contribution in [0.5, 0.6) is 0 Å². The van der Waals surface area contributed by atoms with Gasteiger partial charge in [0.2, 0.25) is 5.91 Å². The van der Waals surface area contributed by atoms with Crippen LogP contribution in [0.2, 0.25) is 0 Å². The fourth-order valence-electron chi connectivity index (χ4n) is 1.99. The van der Waals surface area contributed by atoms with Crippen LogP contribution in [0.25, 0.3) is 11.4 Å². The fraction of sp³-hybridized carbons (Fsp3) is 0.118. The van der Waals surface area contributed by atoms with Gasteiger partial charge in [-0.25, -0.2) is 13.8 Å². The van der Waals surface area contributed by atoms with Gasteiger partial charge in [0.15, 0.2) is 10.2 Å². The number of carbonyl (C=O) groups is 1. The second kappa shape index (κ2) is 7.71. The summed E-state index contributed by atoms with van der Waals surface area (Å²) < 4.78 is 31.3. The molecule has 128 valence electrons. The van der Waals surface area contributed by atoms with E-state index < -0.39 is 17.5 Å². The minimum Gasteiger partial charge on any atom is -0.323 e. The number of hydrogen-bond acceptors (Lipinski definition) is 5. The van der Waals surface area contributed by atoms with E-state index in [-0.39, 0.29) is 11.4 Å². The second-order valence-electron chi connectivity index (χ2n) is 5.21. The van der Waals surface area contributed by atoms with E-state index in [4.69, 9.17) is 0 Å². The number of amides is 1. The van der Waals surface area contributed by atoms with Gasteiger partial charge >= 0.3 is 0 Å². The molecule has 8 heteroatoms. The Labute approximate surface area is 151 Å². The first-order valence-electron chi connectivity index (χ1n) is 7.30. The molecule has 0 bridgehead atoms. The summed E-state index contributed by atoms with van der Waals surface area (Å²) in [4.78, 5) is 16.3. The highest BCUT2D eigenvalue weighted by Crippen LogP contribution is 2.25. The van der Waals surface area contributed by atoms with Gasteiger partial charge in [-0.05, 0) is 30.6 Å². The van der Waals surface area contributed by atoms with Gasteiger partial charge in [-0.1, -0.05) is 41.6 Å². The van der Waals surface area contributed by atoms with E-state index in [2.05, 4.69) is 14.7 Å². The molecular formula is C17H13F2N3OS2. The SMILES string of the molecule is Cc1ccc(-c2nsc(SCC(=O)Nc3ccc(F)cc3F)n2)cc1. The van der Waals surface area contributed by atoms with Crippen LogP contribution in [-0.4, -0.2) is 21.0 Å². The van der Waals surface area contributed by atoms with E-state index in [0.717, 1.165) is 23.3 Å². The van der Waals surface area contributed by atoms with E-state index in [1.54, 1.807) is 0 Å². The van der Waals surface area contributed by atoms with Gasteiger partial charge in [0.1, 0.15) is 11.6 Å². The van der Waals surface area contributed by atoms with Crippen LogP contribution in [-0.2, 0) is 4.79 Å². The van der Waals surface area contributed by atoms with Gasteiger partial charge in [-0.3, -0.25) is 4.79 Å². The van der Waals surface area contributed by atoms with Gasteiger partial charge in [0, 0.05) is 11.6 Å². The molecule has 0 saturated heterocycles. The lowest BCUT2D eigenvalue weighted by Crippen LogP contribution is -2.15. The highest BCUT2D eigenvalue weighted by molar-refractivity contribution is 8.01. The summed E-state index contributed by atoms with van der Waals surface area (Å²) in [5.41, 5.74) is 2.01.